The van der Waals surface area contributed by atoms with E-state index >= 15 is 0 Å². The number of nitrogens with one attached hydrogen (secondary N) is 2. The van der Waals surface area contributed by atoms with Crippen LogP contribution in [0.4, 0.5) is 4.79 Å². The van der Waals surface area contributed by atoms with Gasteiger partial charge in [0.15, 0.2) is 0 Å². The number of urea groups is 1. The number of methoxy groups -OCH3 is 1. The van der Waals surface area contributed by atoms with E-state index in [9.17, 15) is 14.4 Å². The summed E-state index contributed by atoms with van der Waals surface area (Å²) in [7, 11) is 1.33. The second kappa shape index (κ2) is 9.75. The maximum atomic E-state index is 12.7. The third-order valence-electron chi connectivity index (χ3n) is 5.48. The Kier molecular flexibility index (Phi) is 7.10. The maximum absolute atomic E-state index is 12.7. The van der Waals surface area contributed by atoms with Crippen molar-refractivity contribution in [3.05, 3.63) is 46.7 Å². The van der Waals surface area contributed by atoms with Crippen molar-refractivity contribution in [2.75, 3.05) is 33.4 Å². The Balaban J connectivity index is 1.88. The third kappa shape index (κ3) is 4.99. The van der Waals surface area contributed by atoms with Crippen molar-refractivity contribution in [1.29, 1.82) is 0 Å². The highest BCUT2D eigenvalue weighted by Gasteiger charge is 2.35. The average molecular weight is 415 g/mol. The van der Waals surface area contributed by atoms with Gasteiger partial charge in [0.2, 0.25) is 0 Å². The van der Waals surface area contributed by atoms with Gasteiger partial charge >= 0.3 is 18.0 Å². The first-order valence-corrected chi connectivity index (χ1v) is 10.3. The number of likely N-dealkylation sites (tertiary alicyclic amines) is 1. The van der Waals surface area contributed by atoms with Gasteiger partial charge in [-0.15, -0.1) is 0 Å². The molecule has 2 amide bonds. The summed E-state index contributed by atoms with van der Waals surface area (Å²) in [6.07, 6.45) is 1.62. The van der Waals surface area contributed by atoms with E-state index < -0.39 is 12.0 Å². The van der Waals surface area contributed by atoms with Gasteiger partial charge in [-0.2, -0.15) is 0 Å². The van der Waals surface area contributed by atoms with Crippen molar-refractivity contribution in [3.8, 4) is 0 Å². The van der Waals surface area contributed by atoms with E-state index in [1.807, 2.05) is 31.2 Å². The lowest BCUT2D eigenvalue weighted by Crippen LogP contribution is -2.49. The molecule has 1 fully saturated rings. The summed E-state index contributed by atoms with van der Waals surface area (Å²) in [6.45, 7) is 5.76. The van der Waals surface area contributed by atoms with E-state index in [1.165, 1.54) is 7.11 Å². The zero-order valence-electron chi connectivity index (χ0n) is 17.7. The Morgan fingerprint density at radius 2 is 1.97 bits per heavy atom. The number of amides is 2. The van der Waals surface area contributed by atoms with E-state index in [1.54, 1.807) is 6.92 Å². The van der Waals surface area contributed by atoms with Crippen LogP contribution in [-0.2, 0) is 19.1 Å². The van der Waals surface area contributed by atoms with Crippen LogP contribution in [0.25, 0.3) is 0 Å². The van der Waals surface area contributed by atoms with Crippen LogP contribution in [0.15, 0.2) is 35.5 Å². The number of rotatable bonds is 6. The van der Waals surface area contributed by atoms with E-state index in [2.05, 4.69) is 15.5 Å². The van der Waals surface area contributed by atoms with E-state index in [0.717, 1.165) is 30.5 Å². The lowest BCUT2D eigenvalue weighted by molar-refractivity contribution is -0.150. The lowest BCUT2D eigenvalue weighted by Gasteiger charge is -2.35. The summed E-state index contributed by atoms with van der Waals surface area (Å²) in [5.41, 5.74) is 2.76. The molecular weight excluding hydrogens is 386 g/mol. The molecule has 30 heavy (non-hydrogen) atoms. The number of benzene rings is 1. The first-order chi connectivity index (χ1) is 14.4. The highest BCUT2D eigenvalue weighted by atomic mass is 16.5. The van der Waals surface area contributed by atoms with Crippen molar-refractivity contribution in [3.63, 3.8) is 0 Å². The highest BCUT2D eigenvalue weighted by molar-refractivity contribution is 5.95. The highest BCUT2D eigenvalue weighted by Crippen LogP contribution is 2.29. The summed E-state index contributed by atoms with van der Waals surface area (Å²) < 4.78 is 10.2. The van der Waals surface area contributed by atoms with Crippen molar-refractivity contribution in [1.82, 2.24) is 15.5 Å². The number of carbonyl (C=O) groups is 3. The Morgan fingerprint density at radius 1 is 1.23 bits per heavy atom. The number of ether oxygens (including phenoxy) is 2. The van der Waals surface area contributed by atoms with Crippen LogP contribution in [0.2, 0.25) is 0 Å². The summed E-state index contributed by atoms with van der Waals surface area (Å²) >= 11 is 0. The lowest BCUT2D eigenvalue weighted by atomic mass is 9.93. The van der Waals surface area contributed by atoms with Gasteiger partial charge in [0.05, 0.1) is 31.2 Å². The van der Waals surface area contributed by atoms with Crippen LogP contribution >= 0.6 is 0 Å². The number of esters is 2. The molecule has 8 heteroatoms. The summed E-state index contributed by atoms with van der Waals surface area (Å²) in [5, 5.41) is 5.61. The molecule has 2 aliphatic heterocycles. The normalized spacial score (nSPS) is 22.2. The fourth-order valence-electron chi connectivity index (χ4n) is 3.98. The SMILES string of the molecule is CCOC(=O)[C@H]1CCCN(CC2=C(C(=O)OC)[C@@H](c3ccc(C)cc3)NC(=O)N2)C1. The Bertz CT molecular complexity index is 834. The topological polar surface area (TPSA) is 97.0 Å². The standard InChI is InChI=1S/C22H29N3O5/c1-4-30-20(26)16-6-5-11-25(12-16)13-17-18(21(27)29-3)19(24-22(28)23-17)15-9-7-14(2)8-10-15/h7-10,16,19H,4-6,11-13H2,1-3H3,(H2,23,24,28)/t16-,19+/m0/s1. The third-order valence-corrected chi connectivity index (χ3v) is 5.48. The monoisotopic (exact) mass is 415 g/mol. The van der Waals surface area contributed by atoms with Crippen LogP contribution in [0.1, 0.15) is 36.9 Å². The zero-order chi connectivity index (χ0) is 21.7. The van der Waals surface area contributed by atoms with Gasteiger partial charge in [0, 0.05) is 18.8 Å². The van der Waals surface area contributed by atoms with Crippen molar-refractivity contribution in [2.24, 2.45) is 5.92 Å². The molecule has 2 N–H and O–H groups in total. The van der Waals surface area contributed by atoms with Gasteiger partial charge in [-0.3, -0.25) is 9.69 Å². The Hall–Kier alpha value is -2.87. The second-order valence-electron chi connectivity index (χ2n) is 7.65. The van der Waals surface area contributed by atoms with Gasteiger partial charge < -0.3 is 20.1 Å². The molecule has 2 atom stereocenters. The van der Waals surface area contributed by atoms with Gasteiger partial charge in [-0.25, -0.2) is 9.59 Å². The number of hydrogen-bond acceptors (Lipinski definition) is 6. The maximum Gasteiger partial charge on any atom is 0.338 e. The van der Waals surface area contributed by atoms with E-state index in [4.69, 9.17) is 9.47 Å². The Labute approximate surface area is 176 Å². The largest absolute Gasteiger partial charge is 0.466 e. The quantitative estimate of drug-likeness (QED) is 0.691. The minimum Gasteiger partial charge on any atom is -0.466 e. The number of carbonyl (C=O) groups excluding carboxylic acids is 3. The first-order valence-electron chi connectivity index (χ1n) is 10.3. The van der Waals surface area contributed by atoms with Crippen LogP contribution in [0.3, 0.4) is 0 Å². The molecule has 0 radical (unpaired) electrons. The molecule has 2 heterocycles. The fraction of sp³-hybridized carbons (Fsp3) is 0.500. The smallest absolute Gasteiger partial charge is 0.338 e. The van der Waals surface area contributed by atoms with E-state index in [-0.39, 0.29) is 17.9 Å². The molecule has 1 aromatic rings. The van der Waals surface area contributed by atoms with Gasteiger partial charge in [-0.1, -0.05) is 29.8 Å². The molecule has 0 unspecified atom stereocenters. The second-order valence-corrected chi connectivity index (χ2v) is 7.65. The molecule has 162 valence electrons. The molecule has 0 aliphatic carbocycles. The van der Waals surface area contributed by atoms with Gasteiger partial charge in [0.1, 0.15) is 0 Å². The molecule has 8 nitrogen and oxygen atoms in total. The van der Waals surface area contributed by atoms with E-state index in [0.29, 0.717) is 31.0 Å². The summed E-state index contributed by atoms with van der Waals surface area (Å²) in [5.74, 6) is -0.899. The number of aryl methyl sites for hydroxylation is 1. The van der Waals surface area contributed by atoms with Crippen LogP contribution in [0.5, 0.6) is 0 Å². The molecule has 3 rings (SSSR count). The molecule has 0 bridgehead atoms. The summed E-state index contributed by atoms with van der Waals surface area (Å²) in [4.78, 5) is 39.3. The number of piperidine rings is 1. The molecule has 1 saturated heterocycles. The minimum atomic E-state index is -0.604. The number of nitrogens with zero attached hydrogens (tertiary/aromatic N) is 1. The molecule has 0 spiro atoms. The van der Waals surface area contributed by atoms with Crippen molar-refractivity contribution < 1.29 is 23.9 Å². The molecule has 0 saturated carbocycles. The van der Waals surface area contributed by atoms with Crippen molar-refractivity contribution in [2.45, 2.75) is 32.7 Å². The zero-order valence-corrected chi connectivity index (χ0v) is 17.7. The number of hydrogen-bond donors (Lipinski definition) is 2. The first kappa shape index (κ1) is 21.8. The minimum absolute atomic E-state index is 0.198. The van der Waals surface area contributed by atoms with Crippen molar-refractivity contribution >= 4 is 18.0 Å². The molecule has 1 aromatic carbocycles. The van der Waals surface area contributed by atoms with Gasteiger partial charge in [-0.05, 0) is 38.8 Å². The Morgan fingerprint density at radius 3 is 2.63 bits per heavy atom. The summed E-state index contributed by atoms with van der Waals surface area (Å²) in [6, 6.07) is 6.68. The molecular formula is C22H29N3O5. The molecule has 0 aromatic heterocycles. The van der Waals surface area contributed by atoms with Gasteiger partial charge in [0.25, 0.3) is 0 Å². The average Bonchev–Trinajstić information content (AvgIpc) is 2.74. The van der Waals surface area contributed by atoms with Crippen LogP contribution in [0, 0.1) is 12.8 Å². The predicted molar refractivity (Wildman–Crippen MR) is 110 cm³/mol. The fourth-order valence-corrected chi connectivity index (χ4v) is 3.98. The molecule has 2 aliphatic rings. The van der Waals surface area contributed by atoms with Crippen LogP contribution in [-0.4, -0.2) is 56.2 Å². The van der Waals surface area contributed by atoms with Crippen LogP contribution < -0.4 is 10.6 Å². The predicted octanol–water partition coefficient (Wildman–Crippen LogP) is 2.05.